The van der Waals surface area contributed by atoms with Crippen molar-refractivity contribution in [3.8, 4) is 11.5 Å². The fraction of sp³-hybridized carbons (Fsp3) is 0.115. The van der Waals surface area contributed by atoms with Crippen LogP contribution in [-0.2, 0) is 16.2 Å². The van der Waals surface area contributed by atoms with Crippen LogP contribution in [0.2, 0.25) is 5.02 Å². The van der Waals surface area contributed by atoms with Crippen LogP contribution < -0.4 is 19.7 Å². The number of carbonyl (C=O) groups excluding carboxylic acids is 2. The first kappa shape index (κ1) is 24.4. The van der Waals surface area contributed by atoms with Crippen molar-refractivity contribution >= 4 is 52.5 Å². The Bertz CT molecular complexity index is 1330. The SMILES string of the molecule is CCOc1cc(/C=C2/C(=O)NC(=S)N(c3ccccc3)C2=O)cc(Cl)c1OCc1ccccc1F. The van der Waals surface area contributed by atoms with Crippen molar-refractivity contribution in [3.63, 3.8) is 0 Å². The van der Waals surface area contributed by atoms with E-state index in [0.717, 1.165) is 0 Å². The summed E-state index contributed by atoms with van der Waals surface area (Å²) >= 11 is 11.7. The monoisotopic (exact) mass is 510 g/mol. The molecule has 0 bridgehead atoms. The predicted octanol–water partition coefficient (Wildman–Crippen LogP) is 5.29. The largest absolute Gasteiger partial charge is 0.490 e. The van der Waals surface area contributed by atoms with Gasteiger partial charge in [0.25, 0.3) is 11.8 Å². The molecule has 0 aromatic heterocycles. The Morgan fingerprint density at radius 1 is 1.06 bits per heavy atom. The second-order valence-electron chi connectivity index (χ2n) is 7.44. The van der Waals surface area contributed by atoms with E-state index >= 15 is 0 Å². The number of thiocarbonyl (C=S) groups is 1. The maximum Gasteiger partial charge on any atom is 0.270 e. The maximum atomic E-state index is 14.0. The van der Waals surface area contributed by atoms with Gasteiger partial charge in [0.05, 0.1) is 17.3 Å². The van der Waals surface area contributed by atoms with E-state index in [0.29, 0.717) is 29.2 Å². The van der Waals surface area contributed by atoms with Crippen LogP contribution in [0.1, 0.15) is 18.1 Å². The van der Waals surface area contributed by atoms with Crippen LogP contribution in [0.3, 0.4) is 0 Å². The van der Waals surface area contributed by atoms with Crippen molar-refractivity contribution in [2.75, 3.05) is 11.5 Å². The molecular formula is C26H20ClFN2O4S. The molecular weight excluding hydrogens is 491 g/mol. The first-order valence-corrected chi connectivity index (χ1v) is 11.5. The number of anilines is 1. The van der Waals surface area contributed by atoms with E-state index in [4.69, 9.17) is 33.3 Å². The highest BCUT2D eigenvalue weighted by molar-refractivity contribution is 7.80. The number of carbonyl (C=O) groups is 2. The summed E-state index contributed by atoms with van der Waals surface area (Å²) in [5, 5.41) is 2.72. The summed E-state index contributed by atoms with van der Waals surface area (Å²) in [5.41, 5.74) is 1.20. The molecule has 0 unspecified atom stereocenters. The number of benzene rings is 3. The quantitative estimate of drug-likeness (QED) is 0.266. The Morgan fingerprint density at radius 3 is 2.49 bits per heavy atom. The molecule has 1 fully saturated rings. The molecule has 178 valence electrons. The van der Waals surface area contributed by atoms with Crippen molar-refractivity contribution < 1.29 is 23.5 Å². The van der Waals surface area contributed by atoms with Crippen LogP contribution in [0, 0.1) is 5.82 Å². The topological polar surface area (TPSA) is 67.9 Å². The summed E-state index contributed by atoms with van der Waals surface area (Å²) in [7, 11) is 0. The summed E-state index contributed by atoms with van der Waals surface area (Å²) in [6.07, 6.45) is 1.41. The molecule has 2 amide bonds. The zero-order valence-electron chi connectivity index (χ0n) is 18.6. The Hall–Kier alpha value is -3.75. The fourth-order valence-corrected chi connectivity index (χ4v) is 4.03. The lowest BCUT2D eigenvalue weighted by molar-refractivity contribution is -0.122. The number of rotatable bonds is 7. The van der Waals surface area contributed by atoms with Gasteiger partial charge in [0, 0.05) is 5.56 Å². The average Bonchev–Trinajstić information content (AvgIpc) is 2.83. The van der Waals surface area contributed by atoms with Crippen molar-refractivity contribution in [1.29, 1.82) is 0 Å². The van der Waals surface area contributed by atoms with Gasteiger partial charge < -0.3 is 9.47 Å². The van der Waals surface area contributed by atoms with Crippen LogP contribution in [0.4, 0.5) is 10.1 Å². The molecule has 1 aliphatic rings. The molecule has 3 aromatic carbocycles. The number of ether oxygens (including phenoxy) is 2. The molecule has 1 aliphatic heterocycles. The summed E-state index contributed by atoms with van der Waals surface area (Å²) in [6, 6.07) is 18.1. The van der Waals surface area contributed by atoms with Gasteiger partial charge in [-0.3, -0.25) is 19.8 Å². The van der Waals surface area contributed by atoms with Crippen molar-refractivity contribution in [2.45, 2.75) is 13.5 Å². The number of nitrogens with zero attached hydrogens (tertiary/aromatic N) is 1. The first-order valence-electron chi connectivity index (χ1n) is 10.7. The molecule has 0 atom stereocenters. The molecule has 0 saturated carbocycles. The van der Waals surface area contributed by atoms with Gasteiger partial charge in [0.15, 0.2) is 16.6 Å². The van der Waals surface area contributed by atoms with Gasteiger partial charge in [-0.25, -0.2) is 4.39 Å². The average molecular weight is 511 g/mol. The first-order chi connectivity index (χ1) is 16.9. The van der Waals surface area contributed by atoms with E-state index in [1.807, 2.05) is 6.07 Å². The van der Waals surface area contributed by atoms with E-state index in [-0.39, 0.29) is 28.1 Å². The van der Waals surface area contributed by atoms with Gasteiger partial charge in [-0.15, -0.1) is 0 Å². The third-order valence-corrected chi connectivity index (χ3v) is 5.65. The standard InChI is InChI=1S/C26H20ClFN2O4S/c1-2-33-22-14-16(13-20(27)23(22)34-15-17-8-6-7-11-21(17)28)12-19-24(31)29-26(35)30(25(19)32)18-9-4-3-5-10-18/h3-14H,2,15H2,1H3,(H,29,31,35)/b19-12-. The highest BCUT2D eigenvalue weighted by Gasteiger charge is 2.34. The van der Waals surface area contributed by atoms with Crippen molar-refractivity contribution in [1.82, 2.24) is 5.32 Å². The van der Waals surface area contributed by atoms with E-state index in [9.17, 15) is 14.0 Å². The molecule has 35 heavy (non-hydrogen) atoms. The van der Waals surface area contributed by atoms with Gasteiger partial charge in [0.2, 0.25) is 0 Å². The Balaban J connectivity index is 1.66. The van der Waals surface area contributed by atoms with Crippen LogP contribution in [0.25, 0.3) is 6.08 Å². The zero-order valence-corrected chi connectivity index (χ0v) is 20.2. The predicted molar refractivity (Wildman–Crippen MR) is 136 cm³/mol. The van der Waals surface area contributed by atoms with Gasteiger partial charge in [-0.2, -0.15) is 0 Å². The van der Waals surface area contributed by atoms with Gasteiger partial charge in [-0.1, -0.05) is 48.0 Å². The lowest BCUT2D eigenvalue weighted by Crippen LogP contribution is -2.54. The lowest BCUT2D eigenvalue weighted by atomic mass is 10.1. The smallest absolute Gasteiger partial charge is 0.270 e. The summed E-state index contributed by atoms with van der Waals surface area (Å²) in [4.78, 5) is 27.1. The van der Waals surface area contributed by atoms with Gasteiger partial charge in [-0.05, 0) is 61.1 Å². The van der Waals surface area contributed by atoms with Crippen LogP contribution in [0.15, 0.2) is 72.3 Å². The number of hydrogen-bond acceptors (Lipinski definition) is 5. The highest BCUT2D eigenvalue weighted by atomic mass is 35.5. The molecule has 4 rings (SSSR count). The Kier molecular flexibility index (Phi) is 7.43. The molecule has 3 aromatic rings. The summed E-state index contributed by atoms with van der Waals surface area (Å²) in [5.74, 6) is -1.07. The minimum absolute atomic E-state index is 0.00622. The third kappa shape index (κ3) is 5.34. The molecule has 1 N–H and O–H groups in total. The molecule has 0 aliphatic carbocycles. The lowest BCUT2D eigenvalue weighted by Gasteiger charge is -2.28. The minimum Gasteiger partial charge on any atom is -0.490 e. The number of amides is 2. The van der Waals surface area contributed by atoms with Crippen molar-refractivity contribution in [2.24, 2.45) is 0 Å². The van der Waals surface area contributed by atoms with E-state index in [2.05, 4.69) is 5.32 Å². The zero-order chi connectivity index (χ0) is 24.9. The molecule has 0 radical (unpaired) electrons. The Morgan fingerprint density at radius 2 is 1.77 bits per heavy atom. The second-order valence-corrected chi connectivity index (χ2v) is 8.23. The van der Waals surface area contributed by atoms with Crippen molar-refractivity contribution in [3.05, 3.63) is 94.3 Å². The molecule has 0 spiro atoms. The number of halogens is 2. The number of hydrogen-bond donors (Lipinski definition) is 1. The van der Waals surface area contributed by atoms with Gasteiger partial charge in [0.1, 0.15) is 18.0 Å². The highest BCUT2D eigenvalue weighted by Crippen LogP contribution is 2.38. The van der Waals surface area contributed by atoms with Crippen LogP contribution in [-0.4, -0.2) is 23.5 Å². The minimum atomic E-state index is -0.624. The van der Waals surface area contributed by atoms with E-state index < -0.39 is 17.6 Å². The summed E-state index contributed by atoms with van der Waals surface area (Å²) < 4.78 is 25.4. The van der Waals surface area contributed by atoms with Crippen LogP contribution >= 0.6 is 23.8 Å². The fourth-order valence-electron chi connectivity index (χ4n) is 3.48. The Labute approximate surface area is 211 Å². The molecule has 9 heteroatoms. The van der Waals surface area contributed by atoms with Gasteiger partial charge >= 0.3 is 0 Å². The summed E-state index contributed by atoms with van der Waals surface area (Å²) in [6.45, 7) is 2.04. The number of nitrogens with one attached hydrogen (secondary N) is 1. The normalized spacial score (nSPS) is 14.8. The molecule has 1 saturated heterocycles. The van der Waals surface area contributed by atoms with E-state index in [1.165, 1.54) is 23.1 Å². The van der Waals surface area contributed by atoms with E-state index in [1.54, 1.807) is 55.5 Å². The third-order valence-electron chi connectivity index (χ3n) is 5.09. The van der Waals surface area contributed by atoms with Crippen LogP contribution in [0.5, 0.6) is 11.5 Å². The molecule has 6 nitrogen and oxygen atoms in total. The molecule has 1 heterocycles. The maximum absolute atomic E-state index is 14.0. The number of para-hydroxylation sites is 1. The second kappa shape index (κ2) is 10.7.